The summed E-state index contributed by atoms with van der Waals surface area (Å²) < 4.78 is 11.2. The molecular formula is C22H29N3O3. The van der Waals surface area contributed by atoms with Gasteiger partial charge in [0.15, 0.2) is 11.5 Å². The summed E-state index contributed by atoms with van der Waals surface area (Å²) in [6.45, 7) is 11.2. The highest BCUT2D eigenvalue weighted by Gasteiger charge is 2.25. The van der Waals surface area contributed by atoms with E-state index in [1.165, 1.54) is 0 Å². The van der Waals surface area contributed by atoms with Crippen molar-refractivity contribution >= 4 is 17.4 Å². The van der Waals surface area contributed by atoms with Crippen molar-refractivity contribution in [3.63, 3.8) is 0 Å². The zero-order valence-electron chi connectivity index (χ0n) is 17.0. The smallest absolute Gasteiger partial charge is 0.319 e. The van der Waals surface area contributed by atoms with Crippen LogP contribution in [0.5, 0.6) is 11.5 Å². The van der Waals surface area contributed by atoms with Gasteiger partial charge in [-0.1, -0.05) is 6.07 Å². The van der Waals surface area contributed by atoms with Gasteiger partial charge in [-0.2, -0.15) is 0 Å². The number of nitrogens with zero attached hydrogens (tertiary/aromatic N) is 1. The molecule has 0 radical (unpaired) electrons. The van der Waals surface area contributed by atoms with Crippen LogP contribution in [0.15, 0.2) is 42.5 Å². The van der Waals surface area contributed by atoms with Crippen LogP contribution < -0.4 is 25.0 Å². The minimum Gasteiger partial charge on any atom is -0.486 e. The molecule has 28 heavy (non-hydrogen) atoms. The lowest BCUT2D eigenvalue weighted by atomic mass is 9.94. The van der Waals surface area contributed by atoms with Gasteiger partial charge in [0, 0.05) is 24.5 Å². The number of anilines is 2. The highest BCUT2D eigenvalue weighted by Crippen LogP contribution is 2.34. The van der Waals surface area contributed by atoms with Gasteiger partial charge in [-0.05, 0) is 69.7 Å². The van der Waals surface area contributed by atoms with Crippen LogP contribution in [0, 0.1) is 0 Å². The zero-order chi connectivity index (χ0) is 20.1. The summed E-state index contributed by atoms with van der Waals surface area (Å²) in [5, 5.41) is 5.94. The molecule has 0 bridgehead atoms. The standard InChI is InChI=1S/C22H29N3O3/c1-5-25(6-2)18-10-8-17(9-11-18)23-21(26)24-22(3,4)16-7-12-19-20(15-16)28-14-13-27-19/h7-12,15H,5-6,13-14H2,1-4H3,(H2,23,24,26). The Morgan fingerprint density at radius 1 is 1.00 bits per heavy atom. The molecule has 0 saturated carbocycles. The van der Waals surface area contributed by atoms with Gasteiger partial charge in [-0.25, -0.2) is 4.79 Å². The van der Waals surface area contributed by atoms with Crippen LogP contribution in [-0.2, 0) is 5.54 Å². The number of ether oxygens (including phenoxy) is 2. The van der Waals surface area contributed by atoms with Gasteiger partial charge >= 0.3 is 6.03 Å². The maximum Gasteiger partial charge on any atom is 0.319 e. The summed E-state index contributed by atoms with van der Waals surface area (Å²) in [5.74, 6) is 1.45. The van der Waals surface area contributed by atoms with E-state index in [1.54, 1.807) is 0 Å². The third-order valence-electron chi connectivity index (χ3n) is 4.94. The van der Waals surface area contributed by atoms with E-state index < -0.39 is 5.54 Å². The Morgan fingerprint density at radius 3 is 2.29 bits per heavy atom. The van der Waals surface area contributed by atoms with E-state index in [1.807, 2.05) is 56.3 Å². The van der Waals surface area contributed by atoms with E-state index in [4.69, 9.17) is 9.47 Å². The number of nitrogens with one attached hydrogen (secondary N) is 2. The van der Waals surface area contributed by atoms with Gasteiger partial charge in [0.2, 0.25) is 0 Å². The second-order valence-electron chi connectivity index (χ2n) is 7.28. The number of urea groups is 1. The number of fused-ring (bicyclic) bond motifs is 1. The van der Waals surface area contributed by atoms with E-state index in [0.29, 0.717) is 19.0 Å². The Kier molecular flexibility index (Phi) is 5.97. The topological polar surface area (TPSA) is 62.8 Å². The molecule has 2 aromatic rings. The second kappa shape index (κ2) is 8.42. The number of amides is 2. The first kappa shape index (κ1) is 19.9. The quantitative estimate of drug-likeness (QED) is 0.778. The number of carbonyl (C=O) groups excluding carboxylic acids is 1. The molecule has 2 aromatic carbocycles. The number of hydrogen-bond donors (Lipinski definition) is 2. The van der Waals surface area contributed by atoms with Crippen LogP contribution in [0.4, 0.5) is 16.2 Å². The molecule has 0 saturated heterocycles. The Labute approximate surface area is 166 Å². The number of rotatable bonds is 6. The molecule has 0 aliphatic carbocycles. The molecule has 150 valence electrons. The number of carbonyl (C=O) groups is 1. The van der Waals surface area contributed by atoms with Crippen molar-refractivity contribution in [1.82, 2.24) is 5.32 Å². The first-order valence-electron chi connectivity index (χ1n) is 9.77. The van der Waals surface area contributed by atoms with Gasteiger partial charge in [0.25, 0.3) is 0 Å². The van der Waals surface area contributed by atoms with Crippen LogP contribution in [-0.4, -0.2) is 32.3 Å². The molecule has 1 aliphatic heterocycles. The average Bonchev–Trinajstić information content (AvgIpc) is 2.69. The van der Waals surface area contributed by atoms with Gasteiger partial charge < -0.3 is 25.0 Å². The third kappa shape index (κ3) is 4.50. The average molecular weight is 383 g/mol. The van der Waals surface area contributed by atoms with E-state index in [2.05, 4.69) is 29.4 Å². The first-order chi connectivity index (χ1) is 13.4. The normalized spacial score (nSPS) is 13.0. The van der Waals surface area contributed by atoms with Crippen LogP contribution in [0.25, 0.3) is 0 Å². The fourth-order valence-corrected chi connectivity index (χ4v) is 3.29. The molecular weight excluding hydrogens is 354 g/mol. The molecule has 1 aliphatic rings. The lowest BCUT2D eigenvalue weighted by molar-refractivity contribution is 0.171. The minimum atomic E-state index is -0.568. The highest BCUT2D eigenvalue weighted by atomic mass is 16.6. The van der Waals surface area contributed by atoms with Crippen molar-refractivity contribution in [3.05, 3.63) is 48.0 Å². The van der Waals surface area contributed by atoms with Crippen molar-refractivity contribution in [1.29, 1.82) is 0 Å². The Hall–Kier alpha value is -2.89. The molecule has 0 fully saturated rings. The third-order valence-corrected chi connectivity index (χ3v) is 4.94. The maximum absolute atomic E-state index is 12.5. The Bertz CT molecular complexity index is 814. The van der Waals surface area contributed by atoms with Gasteiger partial charge in [0.05, 0.1) is 5.54 Å². The monoisotopic (exact) mass is 383 g/mol. The summed E-state index contributed by atoms with van der Waals surface area (Å²) >= 11 is 0. The van der Waals surface area contributed by atoms with Crippen LogP contribution >= 0.6 is 0 Å². The second-order valence-corrected chi connectivity index (χ2v) is 7.28. The maximum atomic E-state index is 12.5. The van der Waals surface area contributed by atoms with Gasteiger partial charge in [-0.3, -0.25) is 0 Å². The van der Waals surface area contributed by atoms with Gasteiger partial charge in [0.1, 0.15) is 13.2 Å². The molecule has 0 atom stereocenters. The van der Waals surface area contributed by atoms with Crippen LogP contribution in [0.3, 0.4) is 0 Å². The summed E-state index contributed by atoms with van der Waals surface area (Å²) in [6, 6.07) is 13.4. The van der Waals surface area contributed by atoms with E-state index >= 15 is 0 Å². The lowest BCUT2D eigenvalue weighted by Gasteiger charge is -2.29. The fourth-order valence-electron chi connectivity index (χ4n) is 3.29. The molecule has 6 nitrogen and oxygen atoms in total. The molecule has 2 N–H and O–H groups in total. The molecule has 0 aromatic heterocycles. The van der Waals surface area contributed by atoms with E-state index in [0.717, 1.165) is 35.8 Å². The fraction of sp³-hybridized carbons (Fsp3) is 0.409. The summed E-state index contributed by atoms with van der Waals surface area (Å²) in [7, 11) is 0. The van der Waals surface area contributed by atoms with Crippen molar-refractivity contribution in [2.75, 3.05) is 36.5 Å². The lowest BCUT2D eigenvalue weighted by Crippen LogP contribution is -2.43. The van der Waals surface area contributed by atoms with E-state index in [9.17, 15) is 4.79 Å². The van der Waals surface area contributed by atoms with Crippen molar-refractivity contribution in [2.45, 2.75) is 33.2 Å². The molecule has 6 heteroatoms. The molecule has 0 unspecified atom stereocenters. The highest BCUT2D eigenvalue weighted by molar-refractivity contribution is 5.90. The predicted octanol–water partition coefficient (Wildman–Crippen LogP) is 4.36. The first-order valence-corrected chi connectivity index (χ1v) is 9.77. The molecule has 0 spiro atoms. The number of hydrogen-bond acceptors (Lipinski definition) is 4. The number of benzene rings is 2. The molecule has 1 heterocycles. The minimum absolute atomic E-state index is 0.254. The van der Waals surface area contributed by atoms with Crippen molar-refractivity contribution in [3.8, 4) is 11.5 Å². The largest absolute Gasteiger partial charge is 0.486 e. The van der Waals surface area contributed by atoms with Gasteiger partial charge in [-0.15, -0.1) is 0 Å². The zero-order valence-corrected chi connectivity index (χ0v) is 17.0. The predicted molar refractivity (Wildman–Crippen MR) is 113 cm³/mol. The summed E-state index contributed by atoms with van der Waals surface area (Å²) in [5.41, 5.74) is 2.28. The van der Waals surface area contributed by atoms with Crippen LogP contribution in [0.2, 0.25) is 0 Å². The van der Waals surface area contributed by atoms with E-state index in [-0.39, 0.29) is 6.03 Å². The molecule has 2 amide bonds. The summed E-state index contributed by atoms with van der Waals surface area (Å²) in [4.78, 5) is 14.8. The summed E-state index contributed by atoms with van der Waals surface area (Å²) in [6.07, 6.45) is 0. The van der Waals surface area contributed by atoms with Crippen molar-refractivity contribution in [2.24, 2.45) is 0 Å². The Balaban J connectivity index is 1.65. The SMILES string of the molecule is CCN(CC)c1ccc(NC(=O)NC(C)(C)c2ccc3c(c2)OCCO3)cc1. The molecule has 3 rings (SSSR count). The van der Waals surface area contributed by atoms with Crippen LogP contribution in [0.1, 0.15) is 33.3 Å². The Morgan fingerprint density at radius 2 is 1.64 bits per heavy atom. The van der Waals surface area contributed by atoms with Crippen molar-refractivity contribution < 1.29 is 14.3 Å².